The zero-order chi connectivity index (χ0) is 13.9. The van der Waals surface area contributed by atoms with Crippen molar-refractivity contribution in [3.05, 3.63) is 23.8 Å². The maximum atomic E-state index is 11.3. The second-order valence-corrected chi connectivity index (χ2v) is 6.80. The number of carbonyl (C=O) groups is 1. The van der Waals surface area contributed by atoms with E-state index in [4.69, 9.17) is 5.11 Å². The van der Waals surface area contributed by atoms with E-state index in [1.807, 2.05) is 0 Å². The van der Waals surface area contributed by atoms with Crippen LogP contribution in [0.25, 0.3) is 0 Å². The van der Waals surface area contributed by atoms with Crippen molar-refractivity contribution in [2.75, 3.05) is 11.5 Å². The van der Waals surface area contributed by atoms with Gasteiger partial charge in [0.25, 0.3) is 0 Å². The maximum absolute atomic E-state index is 11.3. The van der Waals surface area contributed by atoms with Crippen LogP contribution >= 0.6 is 0 Å². The van der Waals surface area contributed by atoms with Crippen LogP contribution in [0.15, 0.2) is 12.5 Å². The Morgan fingerprint density at radius 3 is 2.74 bits per heavy atom. The van der Waals surface area contributed by atoms with Crippen LogP contribution in [0.5, 0.6) is 0 Å². The number of hydrogen-bond donors (Lipinski definition) is 2. The quantitative estimate of drug-likeness (QED) is 0.791. The molecule has 1 aromatic heterocycles. The fraction of sp³-hybridized carbons (Fsp3) is 0.545. The summed E-state index contributed by atoms with van der Waals surface area (Å²) in [6.45, 7) is 0.300. The summed E-state index contributed by atoms with van der Waals surface area (Å²) < 4.78 is 22.6. The molecule has 0 spiro atoms. The van der Waals surface area contributed by atoms with Gasteiger partial charge in [0.2, 0.25) is 0 Å². The minimum absolute atomic E-state index is 0.0680. The Balaban J connectivity index is 1.95. The van der Waals surface area contributed by atoms with Crippen molar-refractivity contribution in [3.8, 4) is 0 Å². The van der Waals surface area contributed by atoms with Gasteiger partial charge in [-0.2, -0.15) is 0 Å². The summed E-state index contributed by atoms with van der Waals surface area (Å²) in [5.41, 5.74) is 0.481. The first-order valence-electron chi connectivity index (χ1n) is 5.94. The smallest absolute Gasteiger partial charge is 0.339 e. The predicted octanol–water partition coefficient (Wildman–Crippen LogP) is -0.158. The first-order valence-corrected chi connectivity index (χ1v) is 7.76. The van der Waals surface area contributed by atoms with Crippen LogP contribution in [-0.4, -0.2) is 47.0 Å². The average Bonchev–Trinajstić information content (AvgIpc) is 2.38. The summed E-state index contributed by atoms with van der Waals surface area (Å²) in [7, 11) is -2.88. The molecule has 0 saturated carbocycles. The summed E-state index contributed by atoms with van der Waals surface area (Å²) >= 11 is 0. The van der Waals surface area contributed by atoms with Gasteiger partial charge in [-0.1, -0.05) is 0 Å². The van der Waals surface area contributed by atoms with Crippen LogP contribution < -0.4 is 5.32 Å². The molecule has 7 nitrogen and oxygen atoms in total. The molecule has 104 valence electrons. The summed E-state index contributed by atoms with van der Waals surface area (Å²) in [6, 6.07) is 0.0835. The Morgan fingerprint density at radius 1 is 1.42 bits per heavy atom. The first kappa shape index (κ1) is 13.9. The molecule has 2 heterocycles. The highest BCUT2D eigenvalue weighted by Crippen LogP contribution is 2.13. The number of nitrogens with one attached hydrogen (secondary N) is 1. The zero-order valence-corrected chi connectivity index (χ0v) is 11.1. The number of hydrogen-bond acceptors (Lipinski definition) is 6. The average molecular weight is 285 g/mol. The Kier molecular flexibility index (Phi) is 4.11. The molecule has 0 bridgehead atoms. The van der Waals surface area contributed by atoms with E-state index < -0.39 is 15.8 Å². The highest BCUT2D eigenvalue weighted by Gasteiger charge is 2.23. The Labute approximate surface area is 111 Å². The van der Waals surface area contributed by atoms with E-state index in [2.05, 4.69) is 15.3 Å². The van der Waals surface area contributed by atoms with E-state index in [1.165, 1.54) is 12.5 Å². The third kappa shape index (κ3) is 3.71. The lowest BCUT2D eigenvalue weighted by Crippen LogP contribution is -2.37. The van der Waals surface area contributed by atoms with E-state index in [1.54, 1.807) is 0 Å². The van der Waals surface area contributed by atoms with E-state index in [0.29, 0.717) is 25.1 Å². The normalized spacial score (nSPS) is 19.2. The van der Waals surface area contributed by atoms with Gasteiger partial charge in [-0.3, -0.25) is 0 Å². The van der Waals surface area contributed by atoms with Gasteiger partial charge in [0, 0.05) is 18.8 Å². The standard InChI is InChI=1S/C11H15N3O4S/c15-11(16)9-5-12-7-14-10(9)6-13-8-1-3-19(17,18)4-2-8/h5,7-8,13H,1-4,6H2,(H,15,16). The van der Waals surface area contributed by atoms with Gasteiger partial charge in [-0.05, 0) is 12.8 Å². The Hall–Kier alpha value is -1.54. The SMILES string of the molecule is O=C(O)c1cncnc1CNC1CCS(=O)(=O)CC1. The van der Waals surface area contributed by atoms with E-state index >= 15 is 0 Å². The van der Waals surface area contributed by atoms with Crippen molar-refractivity contribution < 1.29 is 18.3 Å². The van der Waals surface area contributed by atoms with Crippen molar-refractivity contribution in [1.29, 1.82) is 0 Å². The third-order valence-corrected chi connectivity index (χ3v) is 4.85. The number of carboxylic acids is 1. The van der Waals surface area contributed by atoms with Crippen LogP contribution in [0, 0.1) is 0 Å². The predicted molar refractivity (Wildman–Crippen MR) is 67.5 cm³/mol. The Morgan fingerprint density at radius 2 is 2.11 bits per heavy atom. The molecule has 0 aromatic carbocycles. The highest BCUT2D eigenvalue weighted by atomic mass is 32.2. The van der Waals surface area contributed by atoms with Gasteiger partial charge in [-0.25, -0.2) is 23.2 Å². The molecule has 0 unspecified atom stereocenters. The van der Waals surface area contributed by atoms with Gasteiger partial charge < -0.3 is 10.4 Å². The zero-order valence-electron chi connectivity index (χ0n) is 10.2. The number of nitrogens with zero attached hydrogens (tertiary/aromatic N) is 2. The summed E-state index contributed by atoms with van der Waals surface area (Å²) in [5, 5.41) is 12.1. The lowest BCUT2D eigenvalue weighted by molar-refractivity contribution is 0.0694. The van der Waals surface area contributed by atoms with Crippen LogP contribution in [0.4, 0.5) is 0 Å². The van der Waals surface area contributed by atoms with Crippen molar-refractivity contribution in [2.45, 2.75) is 25.4 Å². The largest absolute Gasteiger partial charge is 0.478 e. The first-order chi connectivity index (χ1) is 8.98. The van der Waals surface area contributed by atoms with E-state index in [0.717, 1.165) is 0 Å². The number of carboxylic acid groups (broad SMARTS) is 1. The molecule has 19 heavy (non-hydrogen) atoms. The molecule has 1 saturated heterocycles. The molecule has 1 aromatic rings. The molecular formula is C11H15N3O4S. The number of aromatic carboxylic acids is 1. The van der Waals surface area contributed by atoms with Gasteiger partial charge in [0.15, 0.2) is 0 Å². The lowest BCUT2D eigenvalue weighted by Gasteiger charge is -2.23. The van der Waals surface area contributed by atoms with Crippen molar-refractivity contribution in [3.63, 3.8) is 0 Å². The van der Waals surface area contributed by atoms with Crippen LogP contribution in [0.1, 0.15) is 28.9 Å². The third-order valence-electron chi connectivity index (χ3n) is 3.14. The molecule has 2 rings (SSSR count). The molecule has 0 amide bonds. The van der Waals surface area contributed by atoms with Crippen LogP contribution in [-0.2, 0) is 16.4 Å². The van der Waals surface area contributed by atoms with Crippen molar-refractivity contribution >= 4 is 15.8 Å². The van der Waals surface area contributed by atoms with Crippen molar-refractivity contribution in [1.82, 2.24) is 15.3 Å². The highest BCUT2D eigenvalue weighted by molar-refractivity contribution is 7.91. The summed E-state index contributed by atoms with van der Waals surface area (Å²) in [6.07, 6.45) is 3.66. The number of rotatable bonds is 4. The molecule has 0 aliphatic carbocycles. The van der Waals surface area contributed by atoms with Gasteiger partial charge in [-0.15, -0.1) is 0 Å². The molecule has 1 aliphatic rings. The molecule has 1 aliphatic heterocycles. The molecule has 0 atom stereocenters. The second kappa shape index (κ2) is 5.62. The van der Waals surface area contributed by atoms with Gasteiger partial charge >= 0.3 is 5.97 Å². The molecule has 0 radical (unpaired) electrons. The van der Waals surface area contributed by atoms with Gasteiger partial charge in [0.05, 0.1) is 17.2 Å². The molecule has 2 N–H and O–H groups in total. The number of aromatic nitrogens is 2. The fourth-order valence-electron chi connectivity index (χ4n) is 2.01. The summed E-state index contributed by atoms with van der Waals surface area (Å²) in [4.78, 5) is 18.6. The Bertz CT molecular complexity index is 559. The maximum Gasteiger partial charge on any atom is 0.339 e. The second-order valence-electron chi connectivity index (χ2n) is 4.50. The van der Waals surface area contributed by atoms with Crippen LogP contribution in [0.3, 0.4) is 0 Å². The minimum atomic E-state index is -2.88. The van der Waals surface area contributed by atoms with Crippen LogP contribution in [0.2, 0.25) is 0 Å². The summed E-state index contributed by atoms with van der Waals surface area (Å²) in [5.74, 6) is -0.705. The van der Waals surface area contributed by atoms with E-state index in [-0.39, 0.29) is 23.1 Å². The lowest BCUT2D eigenvalue weighted by atomic mass is 10.1. The minimum Gasteiger partial charge on any atom is -0.478 e. The molecule has 8 heteroatoms. The molecular weight excluding hydrogens is 270 g/mol. The van der Waals surface area contributed by atoms with Crippen molar-refractivity contribution in [2.24, 2.45) is 0 Å². The van der Waals surface area contributed by atoms with Gasteiger partial charge in [0.1, 0.15) is 21.7 Å². The topological polar surface area (TPSA) is 109 Å². The monoisotopic (exact) mass is 285 g/mol. The fourth-order valence-corrected chi connectivity index (χ4v) is 3.50. The van der Waals surface area contributed by atoms with E-state index in [9.17, 15) is 13.2 Å². The molecule has 1 fully saturated rings. The number of sulfone groups is 1.